The van der Waals surface area contributed by atoms with E-state index in [0.29, 0.717) is 30.1 Å². The molecular formula is C15H17ClN2O3. The first-order valence-corrected chi connectivity index (χ1v) is 7.48. The average molecular weight is 309 g/mol. The number of amides is 2. The van der Waals surface area contributed by atoms with Gasteiger partial charge in [-0.15, -0.1) is 0 Å². The lowest BCUT2D eigenvalue weighted by atomic mass is 10.0. The number of morpholine rings is 1. The van der Waals surface area contributed by atoms with E-state index in [9.17, 15) is 9.59 Å². The van der Waals surface area contributed by atoms with Crippen LogP contribution in [-0.4, -0.2) is 48.6 Å². The van der Waals surface area contributed by atoms with Crippen LogP contribution in [0.4, 0.5) is 0 Å². The highest BCUT2D eigenvalue weighted by atomic mass is 35.5. The van der Waals surface area contributed by atoms with Crippen molar-refractivity contribution in [3.63, 3.8) is 0 Å². The molecule has 2 atom stereocenters. The second-order valence-electron chi connectivity index (χ2n) is 5.37. The zero-order valence-corrected chi connectivity index (χ0v) is 12.3. The highest BCUT2D eigenvalue weighted by Gasteiger charge is 2.33. The molecule has 112 valence electrons. The van der Waals surface area contributed by atoms with Gasteiger partial charge in [0.1, 0.15) is 6.61 Å². The van der Waals surface area contributed by atoms with Crippen LogP contribution in [0.5, 0.6) is 0 Å². The molecule has 1 aromatic rings. The lowest BCUT2D eigenvalue weighted by Crippen LogP contribution is -2.51. The van der Waals surface area contributed by atoms with Gasteiger partial charge in [-0.3, -0.25) is 9.59 Å². The molecule has 0 bridgehead atoms. The molecule has 2 aliphatic rings. The van der Waals surface area contributed by atoms with Crippen molar-refractivity contribution >= 4 is 23.4 Å². The molecule has 1 N–H and O–H groups in total. The summed E-state index contributed by atoms with van der Waals surface area (Å²) >= 11 is 6.09. The highest BCUT2D eigenvalue weighted by molar-refractivity contribution is 6.33. The van der Waals surface area contributed by atoms with Crippen LogP contribution in [0.15, 0.2) is 24.3 Å². The normalized spacial score (nSPS) is 25.8. The number of fused-ring (bicyclic) bond motifs is 1. The van der Waals surface area contributed by atoms with Crippen LogP contribution >= 0.6 is 11.6 Å². The van der Waals surface area contributed by atoms with E-state index in [1.54, 1.807) is 29.2 Å². The van der Waals surface area contributed by atoms with E-state index in [0.717, 1.165) is 6.42 Å². The molecule has 1 aromatic carbocycles. The number of rotatable bonds is 1. The molecule has 2 heterocycles. The fourth-order valence-electron chi connectivity index (χ4n) is 2.88. The van der Waals surface area contributed by atoms with Crippen LogP contribution in [0.1, 0.15) is 23.2 Å². The van der Waals surface area contributed by atoms with E-state index in [2.05, 4.69) is 5.32 Å². The molecule has 0 aromatic heterocycles. The summed E-state index contributed by atoms with van der Waals surface area (Å²) in [6, 6.07) is 7.06. The van der Waals surface area contributed by atoms with Gasteiger partial charge >= 0.3 is 0 Å². The summed E-state index contributed by atoms with van der Waals surface area (Å²) in [7, 11) is 0. The summed E-state index contributed by atoms with van der Waals surface area (Å²) < 4.78 is 5.56. The van der Waals surface area contributed by atoms with E-state index in [-0.39, 0.29) is 30.6 Å². The van der Waals surface area contributed by atoms with Gasteiger partial charge in [-0.2, -0.15) is 0 Å². The van der Waals surface area contributed by atoms with Crippen molar-refractivity contribution < 1.29 is 14.3 Å². The maximum Gasteiger partial charge on any atom is 0.255 e. The van der Waals surface area contributed by atoms with Gasteiger partial charge in [0.25, 0.3) is 5.91 Å². The molecule has 0 unspecified atom stereocenters. The topological polar surface area (TPSA) is 58.6 Å². The minimum atomic E-state index is -0.0814. The molecule has 6 heteroatoms. The molecule has 0 radical (unpaired) electrons. The van der Waals surface area contributed by atoms with Crippen molar-refractivity contribution in [2.75, 3.05) is 19.7 Å². The molecule has 0 saturated carbocycles. The number of ether oxygens (including phenoxy) is 1. The maximum atomic E-state index is 12.6. The third-order valence-electron chi connectivity index (χ3n) is 4.01. The predicted octanol–water partition coefficient (Wildman–Crippen LogP) is 1.46. The molecular weight excluding hydrogens is 292 g/mol. The summed E-state index contributed by atoms with van der Waals surface area (Å²) in [5, 5.41) is 3.41. The van der Waals surface area contributed by atoms with Crippen molar-refractivity contribution in [2.45, 2.75) is 25.0 Å². The summed E-state index contributed by atoms with van der Waals surface area (Å²) in [6.07, 6.45) is 1.42. The minimum Gasteiger partial charge on any atom is -0.366 e. The fraction of sp³-hybridized carbons (Fsp3) is 0.467. The van der Waals surface area contributed by atoms with E-state index < -0.39 is 0 Å². The Balaban J connectivity index is 1.71. The van der Waals surface area contributed by atoms with Crippen molar-refractivity contribution in [1.29, 1.82) is 0 Å². The van der Waals surface area contributed by atoms with Gasteiger partial charge in [-0.1, -0.05) is 23.7 Å². The molecule has 2 fully saturated rings. The number of nitrogens with one attached hydrogen (secondary N) is 1. The van der Waals surface area contributed by atoms with Gasteiger partial charge < -0.3 is 15.0 Å². The van der Waals surface area contributed by atoms with Crippen molar-refractivity contribution in [3.8, 4) is 0 Å². The summed E-state index contributed by atoms with van der Waals surface area (Å²) in [4.78, 5) is 25.7. The Morgan fingerprint density at radius 2 is 2.05 bits per heavy atom. The molecule has 2 saturated heterocycles. The van der Waals surface area contributed by atoms with Crippen LogP contribution in [0, 0.1) is 0 Å². The summed E-state index contributed by atoms with van der Waals surface area (Å²) in [5.41, 5.74) is 0.522. The number of likely N-dealkylation sites (tertiary alicyclic amines) is 1. The summed E-state index contributed by atoms with van der Waals surface area (Å²) in [5.74, 6) is -0.146. The zero-order chi connectivity index (χ0) is 14.8. The number of carbonyl (C=O) groups is 2. The lowest BCUT2D eigenvalue weighted by Gasteiger charge is -2.30. The maximum absolute atomic E-state index is 12.6. The third kappa shape index (κ3) is 3.04. The Kier molecular flexibility index (Phi) is 4.12. The van der Waals surface area contributed by atoms with Crippen LogP contribution in [-0.2, 0) is 9.53 Å². The first-order chi connectivity index (χ1) is 10.1. The molecule has 0 aliphatic carbocycles. The molecule has 3 rings (SSSR count). The van der Waals surface area contributed by atoms with Crippen molar-refractivity contribution in [3.05, 3.63) is 34.9 Å². The molecule has 21 heavy (non-hydrogen) atoms. The van der Waals surface area contributed by atoms with Gasteiger partial charge in [0.05, 0.1) is 22.7 Å². The molecule has 0 spiro atoms. The third-order valence-corrected chi connectivity index (χ3v) is 4.34. The van der Waals surface area contributed by atoms with Gasteiger partial charge in [-0.25, -0.2) is 0 Å². The number of nitrogens with zero attached hydrogens (tertiary/aromatic N) is 1. The SMILES string of the molecule is O=C1CO[C@H]2CCN(C(=O)c3ccccc3Cl)CC[C@@H]2N1. The van der Waals surface area contributed by atoms with Crippen LogP contribution < -0.4 is 5.32 Å². The van der Waals surface area contributed by atoms with Gasteiger partial charge in [0.15, 0.2) is 0 Å². The number of hydrogen-bond acceptors (Lipinski definition) is 3. The van der Waals surface area contributed by atoms with Crippen LogP contribution in [0.2, 0.25) is 5.02 Å². The highest BCUT2D eigenvalue weighted by Crippen LogP contribution is 2.22. The Labute approximate surface area is 128 Å². The molecule has 5 nitrogen and oxygen atoms in total. The molecule has 2 amide bonds. The monoisotopic (exact) mass is 308 g/mol. The largest absolute Gasteiger partial charge is 0.366 e. The lowest BCUT2D eigenvalue weighted by molar-refractivity contribution is -0.136. The number of carbonyl (C=O) groups excluding carboxylic acids is 2. The Bertz CT molecular complexity index is 564. The quantitative estimate of drug-likeness (QED) is 0.854. The number of hydrogen-bond donors (Lipinski definition) is 1. The van der Waals surface area contributed by atoms with E-state index in [1.807, 2.05) is 0 Å². The predicted molar refractivity (Wildman–Crippen MR) is 78.3 cm³/mol. The fourth-order valence-corrected chi connectivity index (χ4v) is 3.10. The average Bonchev–Trinajstić information content (AvgIpc) is 2.69. The van der Waals surface area contributed by atoms with Gasteiger partial charge in [0.2, 0.25) is 5.91 Å². The Morgan fingerprint density at radius 3 is 2.86 bits per heavy atom. The molecule has 2 aliphatic heterocycles. The Hall–Kier alpha value is -1.59. The van der Waals surface area contributed by atoms with Crippen LogP contribution in [0.25, 0.3) is 0 Å². The standard InChI is InChI=1S/C15H17ClN2O3/c16-11-4-2-1-3-10(11)15(20)18-7-5-12-13(6-8-18)21-9-14(19)17-12/h1-4,12-13H,5-9H2,(H,17,19)/t12-,13-/m0/s1. The Morgan fingerprint density at radius 1 is 1.29 bits per heavy atom. The van der Waals surface area contributed by atoms with Gasteiger partial charge in [-0.05, 0) is 25.0 Å². The van der Waals surface area contributed by atoms with Gasteiger partial charge in [0, 0.05) is 13.1 Å². The zero-order valence-electron chi connectivity index (χ0n) is 11.5. The van der Waals surface area contributed by atoms with Crippen molar-refractivity contribution in [2.24, 2.45) is 0 Å². The van der Waals surface area contributed by atoms with Crippen molar-refractivity contribution in [1.82, 2.24) is 10.2 Å². The number of halogens is 1. The second-order valence-corrected chi connectivity index (χ2v) is 5.78. The summed E-state index contributed by atoms with van der Waals surface area (Å²) in [6.45, 7) is 1.32. The van der Waals surface area contributed by atoms with E-state index >= 15 is 0 Å². The minimum absolute atomic E-state index is 0.00436. The smallest absolute Gasteiger partial charge is 0.255 e. The van der Waals surface area contributed by atoms with Crippen LogP contribution in [0.3, 0.4) is 0 Å². The first kappa shape index (κ1) is 14.4. The van der Waals surface area contributed by atoms with E-state index in [4.69, 9.17) is 16.3 Å². The second kappa shape index (κ2) is 6.03. The number of benzene rings is 1. The first-order valence-electron chi connectivity index (χ1n) is 7.10. The van der Waals surface area contributed by atoms with E-state index in [1.165, 1.54) is 0 Å².